The average Bonchev–Trinajstić information content (AvgIpc) is 2.66. The van der Waals surface area contributed by atoms with Gasteiger partial charge in [0.1, 0.15) is 30.3 Å². The van der Waals surface area contributed by atoms with Crippen LogP contribution in [0.4, 0.5) is 0 Å². The van der Waals surface area contributed by atoms with Crippen molar-refractivity contribution in [1.29, 1.82) is 5.26 Å². The third-order valence-electron chi connectivity index (χ3n) is 4.51. The van der Waals surface area contributed by atoms with Gasteiger partial charge in [0.2, 0.25) is 5.91 Å². The number of rotatable bonds is 5. The Kier molecular flexibility index (Phi) is 7.12. The molecule has 2 aliphatic rings. The van der Waals surface area contributed by atoms with Gasteiger partial charge < -0.3 is 35.4 Å². The molecule has 5 N–H and O–H groups in total. The number of nitriles is 1. The number of carbonyl (C=O) groups excluding carboxylic acids is 1. The van der Waals surface area contributed by atoms with E-state index in [0.29, 0.717) is 6.42 Å². The molecule has 148 valence electrons. The van der Waals surface area contributed by atoms with Crippen molar-refractivity contribution in [3.8, 4) is 6.07 Å². The summed E-state index contributed by atoms with van der Waals surface area (Å²) in [4.78, 5) is 14.3. The summed E-state index contributed by atoms with van der Waals surface area (Å²) in [6, 6.07) is 1.88. The first kappa shape index (κ1) is 21.1. The van der Waals surface area contributed by atoms with E-state index in [9.17, 15) is 30.5 Å². The Bertz CT molecular complexity index is 679. The number of aliphatic hydroxyl groups is 4. The maximum Gasteiger partial charge on any atom is 0.243 e. The second kappa shape index (κ2) is 9.12. The van der Waals surface area contributed by atoms with Crippen molar-refractivity contribution in [2.24, 2.45) is 5.92 Å². The van der Waals surface area contributed by atoms with Crippen LogP contribution in [0, 0.1) is 17.2 Å². The van der Waals surface area contributed by atoms with Crippen molar-refractivity contribution in [3.63, 3.8) is 0 Å². The van der Waals surface area contributed by atoms with Gasteiger partial charge in [-0.1, -0.05) is 18.2 Å². The standard InChI is InChI=1S/C18H25N3O6/c1-21(2)12-5-3-10(4-6-12)7-11(8-19)17(26)20-18-16(25)15(24)14(23)13(9-22)27-18/h3,5-7,11,13-16,18,22-25H,4,9H2,1-2H3,(H,20,26)/b10-7+/t11?,13-,14-,15+,16-,18-/m1/s1. The Hall–Kier alpha value is -2.22. The van der Waals surface area contributed by atoms with Crippen LogP contribution in [0.3, 0.4) is 0 Å². The van der Waals surface area contributed by atoms with E-state index in [0.717, 1.165) is 11.3 Å². The summed E-state index contributed by atoms with van der Waals surface area (Å²) in [5.74, 6) is -1.85. The molecule has 1 fully saturated rings. The maximum atomic E-state index is 12.4. The lowest BCUT2D eigenvalue weighted by atomic mass is 9.97. The Labute approximate surface area is 157 Å². The second-order valence-electron chi connectivity index (χ2n) is 6.67. The predicted molar refractivity (Wildman–Crippen MR) is 94.6 cm³/mol. The van der Waals surface area contributed by atoms with Crippen molar-refractivity contribution >= 4 is 5.91 Å². The van der Waals surface area contributed by atoms with Gasteiger partial charge in [0.15, 0.2) is 6.23 Å². The van der Waals surface area contributed by atoms with Gasteiger partial charge in [-0.2, -0.15) is 5.26 Å². The molecule has 1 saturated heterocycles. The molecule has 0 spiro atoms. The summed E-state index contributed by atoms with van der Waals surface area (Å²) in [7, 11) is 3.83. The van der Waals surface area contributed by atoms with E-state index in [1.807, 2.05) is 43.3 Å². The molecule has 1 aliphatic heterocycles. The van der Waals surface area contributed by atoms with Crippen molar-refractivity contribution in [1.82, 2.24) is 10.2 Å². The van der Waals surface area contributed by atoms with Crippen molar-refractivity contribution in [2.45, 2.75) is 37.1 Å². The largest absolute Gasteiger partial charge is 0.394 e. The van der Waals surface area contributed by atoms with Crippen molar-refractivity contribution < 1.29 is 30.0 Å². The molecule has 2 rings (SSSR count). The van der Waals surface area contributed by atoms with Crippen LogP contribution in [-0.2, 0) is 9.53 Å². The minimum absolute atomic E-state index is 0.565. The number of ether oxygens (including phenoxy) is 1. The number of likely N-dealkylation sites (N-methyl/N-ethyl adjacent to an activating group) is 1. The molecule has 0 saturated carbocycles. The van der Waals surface area contributed by atoms with E-state index in [1.54, 1.807) is 0 Å². The summed E-state index contributed by atoms with van der Waals surface area (Å²) >= 11 is 0. The predicted octanol–water partition coefficient (Wildman–Crippen LogP) is -1.63. The van der Waals surface area contributed by atoms with Gasteiger partial charge >= 0.3 is 0 Å². The number of allylic oxidation sites excluding steroid dienone is 4. The molecule has 1 heterocycles. The normalized spacial score (nSPS) is 33.1. The van der Waals surface area contributed by atoms with Gasteiger partial charge in [-0.05, 0) is 18.1 Å². The van der Waals surface area contributed by atoms with E-state index >= 15 is 0 Å². The second-order valence-corrected chi connectivity index (χ2v) is 6.67. The molecular weight excluding hydrogens is 354 g/mol. The quantitative estimate of drug-likeness (QED) is 0.383. The van der Waals surface area contributed by atoms with Gasteiger partial charge in [-0.3, -0.25) is 4.79 Å². The highest BCUT2D eigenvalue weighted by Gasteiger charge is 2.44. The molecule has 0 aromatic rings. The first-order valence-corrected chi connectivity index (χ1v) is 8.55. The van der Waals surface area contributed by atoms with Crippen molar-refractivity contribution in [2.75, 3.05) is 20.7 Å². The Morgan fingerprint density at radius 2 is 2.07 bits per heavy atom. The third-order valence-corrected chi connectivity index (χ3v) is 4.51. The van der Waals surface area contributed by atoms with E-state index in [2.05, 4.69) is 5.32 Å². The van der Waals surface area contributed by atoms with Gasteiger partial charge in [0.05, 0.1) is 12.7 Å². The first-order valence-electron chi connectivity index (χ1n) is 8.55. The molecule has 9 heteroatoms. The number of nitrogens with zero attached hydrogens (tertiary/aromatic N) is 2. The molecule has 0 aromatic carbocycles. The molecule has 0 aromatic heterocycles. The fourth-order valence-electron chi connectivity index (χ4n) is 2.84. The molecule has 9 nitrogen and oxygen atoms in total. The van der Waals surface area contributed by atoms with Crippen LogP contribution in [0.15, 0.2) is 35.6 Å². The summed E-state index contributed by atoms with van der Waals surface area (Å²) in [6.07, 6.45) is 0.532. The maximum absolute atomic E-state index is 12.4. The molecule has 1 aliphatic carbocycles. The zero-order valence-corrected chi connectivity index (χ0v) is 15.2. The van der Waals surface area contributed by atoms with Crippen LogP contribution in [0.5, 0.6) is 0 Å². The smallest absolute Gasteiger partial charge is 0.243 e. The lowest BCUT2D eigenvalue weighted by Crippen LogP contribution is -2.63. The lowest BCUT2D eigenvalue weighted by Gasteiger charge is -2.40. The third kappa shape index (κ3) is 4.94. The van der Waals surface area contributed by atoms with Gasteiger partial charge in [0, 0.05) is 19.8 Å². The molecule has 27 heavy (non-hydrogen) atoms. The van der Waals surface area contributed by atoms with Crippen LogP contribution < -0.4 is 5.32 Å². The van der Waals surface area contributed by atoms with Crippen LogP contribution in [0.1, 0.15) is 6.42 Å². The molecule has 0 radical (unpaired) electrons. The van der Waals surface area contributed by atoms with Crippen LogP contribution in [0.25, 0.3) is 0 Å². The number of aliphatic hydroxyl groups excluding tert-OH is 4. The summed E-state index contributed by atoms with van der Waals surface area (Å²) < 4.78 is 5.23. The average molecular weight is 379 g/mol. The van der Waals surface area contributed by atoms with Crippen LogP contribution in [-0.4, -0.2) is 82.6 Å². The van der Waals surface area contributed by atoms with Gasteiger partial charge in [-0.15, -0.1) is 0 Å². The highest BCUT2D eigenvalue weighted by atomic mass is 16.6. The SMILES string of the molecule is CN(C)C1=CC/C(=C/C(C#N)C(=O)N[C@@H]2O[C@H](CO)[C@@H](O)[C@H](O)[C@H]2O)C=C1. The highest BCUT2D eigenvalue weighted by Crippen LogP contribution is 2.21. The van der Waals surface area contributed by atoms with Crippen LogP contribution in [0.2, 0.25) is 0 Å². The van der Waals surface area contributed by atoms with E-state index in [-0.39, 0.29) is 0 Å². The Morgan fingerprint density at radius 1 is 1.37 bits per heavy atom. The van der Waals surface area contributed by atoms with Crippen LogP contribution >= 0.6 is 0 Å². The number of carbonyl (C=O) groups is 1. The fourth-order valence-corrected chi connectivity index (χ4v) is 2.84. The topological polar surface area (TPSA) is 146 Å². The molecule has 0 bridgehead atoms. The Balaban J connectivity index is 2.04. The van der Waals surface area contributed by atoms with E-state index < -0.39 is 49.1 Å². The molecule has 1 unspecified atom stereocenters. The molecule has 1 amide bonds. The van der Waals surface area contributed by atoms with Gasteiger partial charge in [0.25, 0.3) is 0 Å². The summed E-state index contributed by atoms with van der Waals surface area (Å²) in [5.41, 5.74) is 1.81. The zero-order chi connectivity index (χ0) is 20.1. The number of nitrogens with one attached hydrogen (secondary N) is 1. The number of amides is 1. The molecular formula is C18H25N3O6. The lowest BCUT2D eigenvalue weighted by molar-refractivity contribution is -0.236. The van der Waals surface area contributed by atoms with Gasteiger partial charge in [-0.25, -0.2) is 0 Å². The fraction of sp³-hybridized carbons (Fsp3) is 0.556. The number of hydrogen-bond acceptors (Lipinski definition) is 8. The monoisotopic (exact) mass is 379 g/mol. The number of hydrogen-bond donors (Lipinski definition) is 5. The Morgan fingerprint density at radius 3 is 2.59 bits per heavy atom. The van der Waals surface area contributed by atoms with Crippen molar-refractivity contribution in [3.05, 3.63) is 35.6 Å². The summed E-state index contributed by atoms with van der Waals surface area (Å²) in [5, 5.41) is 50.3. The summed E-state index contributed by atoms with van der Waals surface area (Å²) in [6.45, 7) is -0.603. The molecule has 6 atom stereocenters. The van der Waals surface area contributed by atoms with E-state index in [1.165, 1.54) is 6.08 Å². The van der Waals surface area contributed by atoms with E-state index in [4.69, 9.17) is 4.74 Å². The highest BCUT2D eigenvalue weighted by molar-refractivity contribution is 5.83. The minimum atomic E-state index is -1.60. The zero-order valence-electron chi connectivity index (χ0n) is 15.2. The first-order chi connectivity index (χ1) is 12.8. The minimum Gasteiger partial charge on any atom is -0.394 e.